The predicted molar refractivity (Wildman–Crippen MR) is 73.1 cm³/mol. The second-order valence-corrected chi connectivity index (χ2v) is 4.97. The lowest BCUT2D eigenvalue weighted by Gasteiger charge is -2.15. The van der Waals surface area contributed by atoms with Crippen molar-refractivity contribution in [3.05, 3.63) is 30.1 Å². The van der Waals surface area contributed by atoms with Crippen LogP contribution in [0.2, 0.25) is 0 Å². The van der Waals surface area contributed by atoms with Crippen molar-refractivity contribution < 1.29 is 18.7 Å². The fraction of sp³-hybridized carbons (Fsp3) is 0.533. The maximum absolute atomic E-state index is 12.7. The highest BCUT2D eigenvalue weighted by atomic mass is 19.1. The van der Waals surface area contributed by atoms with Crippen LogP contribution in [0.15, 0.2) is 24.3 Å². The Balaban J connectivity index is 1.62. The summed E-state index contributed by atoms with van der Waals surface area (Å²) in [4.78, 5) is 13.6. The summed E-state index contributed by atoms with van der Waals surface area (Å²) in [6.07, 6.45) is 1.75. The molecular formula is C15H20FNO3. The molecule has 20 heavy (non-hydrogen) atoms. The topological polar surface area (TPSA) is 38.8 Å². The van der Waals surface area contributed by atoms with Crippen LogP contribution in [-0.4, -0.2) is 44.2 Å². The number of methoxy groups -OCH3 is 1. The zero-order valence-electron chi connectivity index (χ0n) is 11.7. The summed E-state index contributed by atoms with van der Waals surface area (Å²) >= 11 is 0. The molecular weight excluding hydrogens is 261 g/mol. The first-order valence-corrected chi connectivity index (χ1v) is 6.87. The number of nitrogens with zero attached hydrogens (tertiary/aromatic N) is 1. The summed E-state index contributed by atoms with van der Waals surface area (Å²) in [7, 11) is 1.43. The monoisotopic (exact) mass is 281 g/mol. The molecule has 0 spiro atoms. The number of ether oxygens (including phenoxy) is 2. The average molecular weight is 281 g/mol. The van der Waals surface area contributed by atoms with Gasteiger partial charge >= 0.3 is 5.97 Å². The number of carbonyl (C=O) groups is 1. The molecule has 0 saturated carbocycles. The summed E-state index contributed by atoms with van der Waals surface area (Å²) in [5, 5.41) is 0. The third kappa shape index (κ3) is 4.20. The van der Waals surface area contributed by atoms with Gasteiger partial charge in [-0.3, -0.25) is 4.79 Å². The maximum Gasteiger partial charge on any atom is 0.310 e. The van der Waals surface area contributed by atoms with Gasteiger partial charge in [0.1, 0.15) is 11.6 Å². The molecule has 4 nitrogen and oxygen atoms in total. The van der Waals surface area contributed by atoms with E-state index in [1.54, 1.807) is 12.1 Å². The van der Waals surface area contributed by atoms with E-state index in [-0.39, 0.29) is 17.7 Å². The van der Waals surface area contributed by atoms with Crippen LogP contribution >= 0.6 is 0 Å². The van der Waals surface area contributed by atoms with E-state index in [2.05, 4.69) is 4.90 Å². The maximum atomic E-state index is 12.7. The number of hydrogen-bond acceptors (Lipinski definition) is 4. The Morgan fingerprint density at radius 1 is 1.40 bits per heavy atom. The number of rotatable bonds is 6. The normalized spacial score (nSPS) is 19.0. The van der Waals surface area contributed by atoms with Crippen LogP contribution in [0, 0.1) is 11.7 Å². The number of benzene rings is 1. The van der Waals surface area contributed by atoms with E-state index in [1.807, 2.05) is 0 Å². The van der Waals surface area contributed by atoms with E-state index in [1.165, 1.54) is 19.2 Å². The molecule has 110 valence electrons. The standard InChI is InChI=1S/C15H20FNO3/c1-19-15(18)12-7-9-17(11-12)8-2-10-20-14-5-3-13(16)4-6-14/h3-6,12H,2,7-11H2,1H3. The molecule has 1 atom stereocenters. The first-order valence-electron chi connectivity index (χ1n) is 6.87. The molecule has 0 radical (unpaired) electrons. The summed E-state index contributed by atoms with van der Waals surface area (Å²) in [6, 6.07) is 6.02. The highest BCUT2D eigenvalue weighted by molar-refractivity contribution is 5.72. The van der Waals surface area contributed by atoms with Crippen molar-refractivity contribution in [3.63, 3.8) is 0 Å². The summed E-state index contributed by atoms with van der Waals surface area (Å²) in [5.74, 6) is 0.316. The minimum absolute atomic E-state index is 0.0121. The minimum Gasteiger partial charge on any atom is -0.494 e. The van der Waals surface area contributed by atoms with Gasteiger partial charge in [0.05, 0.1) is 19.6 Å². The van der Waals surface area contributed by atoms with Crippen molar-refractivity contribution in [2.45, 2.75) is 12.8 Å². The molecule has 0 aliphatic carbocycles. The van der Waals surface area contributed by atoms with E-state index in [9.17, 15) is 9.18 Å². The Morgan fingerprint density at radius 2 is 2.15 bits per heavy atom. The van der Waals surface area contributed by atoms with Crippen LogP contribution < -0.4 is 4.74 Å². The summed E-state index contributed by atoms with van der Waals surface area (Å²) in [6.45, 7) is 3.18. The van der Waals surface area contributed by atoms with Crippen LogP contribution in [0.25, 0.3) is 0 Å². The molecule has 0 aromatic heterocycles. The SMILES string of the molecule is COC(=O)C1CCN(CCCOc2ccc(F)cc2)C1. The van der Waals surface area contributed by atoms with E-state index in [4.69, 9.17) is 9.47 Å². The molecule has 2 rings (SSSR count). The zero-order chi connectivity index (χ0) is 14.4. The second kappa shape index (κ2) is 7.24. The van der Waals surface area contributed by atoms with Crippen molar-refractivity contribution in [1.82, 2.24) is 4.90 Å². The Hall–Kier alpha value is -1.62. The van der Waals surface area contributed by atoms with Crippen molar-refractivity contribution >= 4 is 5.97 Å². The molecule has 0 bridgehead atoms. The van der Waals surface area contributed by atoms with Gasteiger partial charge in [-0.1, -0.05) is 0 Å². The lowest BCUT2D eigenvalue weighted by atomic mass is 10.1. The lowest BCUT2D eigenvalue weighted by molar-refractivity contribution is -0.144. The first kappa shape index (κ1) is 14.8. The van der Waals surface area contributed by atoms with Crippen LogP contribution in [0.5, 0.6) is 5.75 Å². The highest BCUT2D eigenvalue weighted by Crippen LogP contribution is 2.17. The Kier molecular flexibility index (Phi) is 5.35. The lowest BCUT2D eigenvalue weighted by Crippen LogP contribution is -2.25. The molecule has 0 N–H and O–H groups in total. The molecule has 5 heteroatoms. The molecule has 1 aromatic carbocycles. The number of esters is 1. The van der Waals surface area contributed by atoms with Crippen molar-refractivity contribution in [3.8, 4) is 5.75 Å². The first-order chi connectivity index (χ1) is 9.69. The van der Waals surface area contributed by atoms with Gasteiger partial charge in [0.2, 0.25) is 0 Å². The summed E-state index contributed by atoms with van der Waals surface area (Å²) in [5.41, 5.74) is 0. The molecule has 1 aliphatic rings. The number of likely N-dealkylation sites (tertiary alicyclic amines) is 1. The highest BCUT2D eigenvalue weighted by Gasteiger charge is 2.28. The number of halogens is 1. The van der Waals surface area contributed by atoms with E-state index < -0.39 is 0 Å². The third-order valence-corrected chi connectivity index (χ3v) is 3.51. The van der Waals surface area contributed by atoms with Crippen molar-refractivity contribution in [2.75, 3.05) is 33.4 Å². The number of carbonyl (C=O) groups excluding carboxylic acids is 1. The zero-order valence-corrected chi connectivity index (χ0v) is 11.7. The van der Waals surface area contributed by atoms with E-state index in [0.29, 0.717) is 12.4 Å². The molecule has 1 aliphatic heterocycles. The van der Waals surface area contributed by atoms with Gasteiger partial charge in [-0.2, -0.15) is 0 Å². The third-order valence-electron chi connectivity index (χ3n) is 3.51. The quantitative estimate of drug-likeness (QED) is 0.591. The van der Waals surface area contributed by atoms with Crippen LogP contribution in [0.3, 0.4) is 0 Å². The molecule has 1 heterocycles. The van der Waals surface area contributed by atoms with Gasteiger partial charge in [-0.25, -0.2) is 4.39 Å². The van der Waals surface area contributed by atoms with Crippen LogP contribution in [0.4, 0.5) is 4.39 Å². The van der Waals surface area contributed by atoms with Gasteiger partial charge < -0.3 is 14.4 Å². The van der Waals surface area contributed by atoms with Gasteiger partial charge in [-0.05, 0) is 43.7 Å². The predicted octanol–water partition coefficient (Wildman–Crippen LogP) is 2.09. The van der Waals surface area contributed by atoms with Crippen LogP contribution in [0.1, 0.15) is 12.8 Å². The molecule has 0 amide bonds. The molecule has 1 aromatic rings. The average Bonchev–Trinajstić information content (AvgIpc) is 2.93. The summed E-state index contributed by atoms with van der Waals surface area (Å²) < 4.78 is 23.0. The fourth-order valence-electron chi connectivity index (χ4n) is 2.40. The van der Waals surface area contributed by atoms with Gasteiger partial charge in [0.25, 0.3) is 0 Å². The van der Waals surface area contributed by atoms with Gasteiger partial charge in [0, 0.05) is 13.1 Å². The Morgan fingerprint density at radius 3 is 2.85 bits per heavy atom. The number of hydrogen-bond donors (Lipinski definition) is 0. The van der Waals surface area contributed by atoms with Gasteiger partial charge in [0.15, 0.2) is 0 Å². The van der Waals surface area contributed by atoms with Crippen molar-refractivity contribution in [2.24, 2.45) is 5.92 Å². The van der Waals surface area contributed by atoms with Crippen LogP contribution in [-0.2, 0) is 9.53 Å². The molecule has 1 saturated heterocycles. The van der Waals surface area contributed by atoms with E-state index in [0.717, 1.165) is 32.5 Å². The Bertz CT molecular complexity index is 435. The van der Waals surface area contributed by atoms with Crippen molar-refractivity contribution in [1.29, 1.82) is 0 Å². The fourth-order valence-corrected chi connectivity index (χ4v) is 2.40. The second-order valence-electron chi connectivity index (χ2n) is 4.97. The molecule has 1 fully saturated rings. The minimum atomic E-state index is -0.261. The van der Waals surface area contributed by atoms with Gasteiger partial charge in [-0.15, -0.1) is 0 Å². The largest absolute Gasteiger partial charge is 0.494 e. The van der Waals surface area contributed by atoms with E-state index >= 15 is 0 Å². The molecule has 1 unspecified atom stereocenters. The smallest absolute Gasteiger partial charge is 0.310 e. The Labute approximate surface area is 118 Å².